The number of benzene rings is 1. The van der Waals surface area contributed by atoms with E-state index in [9.17, 15) is 0 Å². The fourth-order valence-electron chi connectivity index (χ4n) is 3.29. The second-order valence-electron chi connectivity index (χ2n) is 6.51. The van der Waals surface area contributed by atoms with Gasteiger partial charge in [-0.3, -0.25) is 0 Å². The monoisotopic (exact) mass is 287 g/mol. The maximum atomic E-state index is 8.84. The largest absolute Gasteiger partial charge is 0.409 e. The molecule has 0 heterocycles. The molecule has 2 aliphatic carbocycles. The molecule has 0 amide bonds. The van der Waals surface area contributed by atoms with Crippen LogP contribution in [0.5, 0.6) is 0 Å². The normalized spacial score (nSPS) is 20.7. The highest BCUT2D eigenvalue weighted by atomic mass is 16.4. The molecule has 0 aromatic heterocycles. The molecule has 0 saturated heterocycles. The summed E-state index contributed by atoms with van der Waals surface area (Å²) in [6.45, 7) is 1.05. The predicted molar refractivity (Wildman–Crippen MR) is 84.1 cm³/mol. The first kappa shape index (κ1) is 14.4. The van der Waals surface area contributed by atoms with Gasteiger partial charge in [0.25, 0.3) is 0 Å². The van der Waals surface area contributed by atoms with Gasteiger partial charge in [-0.15, -0.1) is 0 Å². The van der Waals surface area contributed by atoms with Crippen molar-refractivity contribution in [2.24, 2.45) is 28.6 Å². The standard InChI is InChI=1S/C17H25N3O/c18-17(20-21)10-16(14-4-2-1-3-5-14)19-11-15(12-6-7-12)13-8-9-13/h1-5,12-13,15-16,19,21H,6-11H2,(H2,18,20). The van der Waals surface area contributed by atoms with E-state index in [4.69, 9.17) is 10.9 Å². The summed E-state index contributed by atoms with van der Waals surface area (Å²) in [4.78, 5) is 0. The van der Waals surface area contributed by atoms with E-state index in [-0.39, 0.29) is 11.9 Å². The minimum atomic E-state index is 0.127. The third-order valence-corrected chi connectivity index (χ3v) is 4.80. The van der Waals surface area contributed by atoms with Gasteiger partial charge in [0.2, 0.25) is 0 Å². The lowest BCUT2D eigenvalue weighted by Crippen LogP contribution is -2.32. The summed E-state index contributed by atoms with van der Waals surface area (Å²) >= 11 is 0. The highest BCUT2D eigenvalue weighted by Crippen LogP contribution is 2.49. The van der Waals surface area contributed by atoms with Gasteiger partial charge in [-0.1, -0.05) is 35.5 Å². The molecule has 2 fully saturated rings. The number of rotatable bonds is 8. The van der Waals surface area contributed by atoms with Crippen LogP contribution in [0.4, 0.5) is 0 Å². The van der Waals surface area contributed by atoms with Crippen LogP contribution >= 0.6 is 0 Å². The Morgan fingerprint density at radius 1 is 1.19 bits per heavy atom. The highest BCUT2D eigenvalue weighted by Gasteiger charge is 2.41. The van der Waals surface area contributed by atoms with Crippen molar-refractivity contribution in [3.8, 4) is 0 Å². The number of nitrogens with zero attached hydrogens (tertiary/aromatic N) is 1. The predicted octanol–water partition coefficient (Wildman–Crippen LogP) is 2.89. The van der Waals surface area contributed by atoms with Crippen molar-refractivity contribution in [1.29, 1.82) is 0 Å². The first-order valence-corrected chi connectivity index (χ1v) is 8.02. The van der Waals surface area contributed by atoms with Crippen LogP contribution in [0, 0.1) is 17.8 Å². The van der Waals surface area contributed by atoms with Crippen molar-refractivity contribution in [2.45, 2.75) is 38.1 Å². The van der Waals surface area contributed by atoms with Gasteiger partial charge in [0.05, 0.1) is 0 Å². The third-order valence-electron chi connectivity index (χ3n) is 4.80. The molecule has 2 saturated carbocycles. The van der Waals surface area contributed by atoms with Crippen LogP contribution in [-0.2, 0) is 0 Å². The molecule has 2 aliphatic rings. The van der Waals surface area contributed by atoms with E-state index >= 15 is 0 Å². The molecule has 0 radical (unpaired) electrons. The van der Waals surface area contributed by atoms with Crippen LogP contribution < -0.4 is 11.1 Å². The molecule has 4 nitrogen and oxygen atoms in total. The van der Waals surface area contributed by atoms with E-state index in [1.54, 1.807) is 0 Å². The molecule has 0 aliphatic heterocycles. The van der Waals surface area contributed by atoms with Gasteiger partial charge in [-0.2, -0.15) is 0 Å². The summed E-state index contributed by atoms with van der Waals surface area (Å²) in [6, 6.07) is 10.4. The van der Waals surface area contributed by atoms with Crippen molar-refractivity contribution in [3.63, 3.8) is 0 Å². The van der Waals surface area contributed by atoms with E-state index in [1.165, 1.54) is 31.2 Å². The molecular formula is C17H25N3O. The molecular weight excluding hydrogens is 262 g/mol. The molecule has 114 valence electrons. The smallest absolute Gasteiger partial charge is 0.141 e. The van der Waals surface area contributed by atoms with Crippen LogP contribution in [0.2, 0.25) is 0 Å². The fourth-order valence-corrected chi connectivity index (χ4v) is 3.29. The third kappa shape index (κ3) is 3.97. The zero-order valence-electron chi connectivity index (χ0n) is 12.4. The van der Waals surface area contributed by atoms with Gasteiger partial charge in [0.15, 0.2) is 0 Å². The second-order valence-corrected chi connectivity index (χ2v) is 6.51. The Labute approximate surface area is 126 Å². The fraction of sp³-hybridized carbons (Fsp3) is 0.588. The van der Waals surface area contributed by atoms with Crippen LogP contribution in [0.15, 0.2) is 35.5 Å². The van der Waals surface area contributed by atoms with Gasteiger partial charge >= 0.3 is 0 Å². The summed E-state index contributed by atoms with van der Waals surface area (Å²) in [7, 11) is 0. The van der Waals surface area contributed by atoms with Crippen LogP contribution in [0.3, 0.4) is 0 Å². The number of oxime groups is 1. The summed E-state index contributed by atoms with van der Waals surface area (Å²) in [6.07, 6.45) is 6.15. The second kappa shape index (κ2) is 6.48. The van der Waals surface area contributed by atoms with Gasteiger partial charge < -0.3 is 16.3 Å². The molecule has 4 N–H and O–H groups in total. The van der Waals surface area contributed by atoms with E-state index in [2.05, 4.69) is 22.6 Å². The minimum Gasteiger partial charge on any atom is -0.409 e. The quantitative estimate of drug-likeness (QED) is 0.298. The van der Waals surface area contributed by atoms with Crippen LogP contribution in [-0.4, -0.2) is 17.6 Å². The average molecular weight is 287 g/mol. The summed E-state index contributed by atoms with van der Waals surface area (Å²) in [5.74, 6) is 2.98. The lowest BCUT2D eigenvalue weighted by molar-refractivity contribution is 0.314. The molecule has 0 spiro atoms. The summed E-state index contributed by atoms with van der Waals surface area (Å²) in [5, 5.41) is 15.6. The van der Waals surface area contributed by atoms with Gasteiger partial charge in [0.1, 0.15) is 5.84 Å². The number of nitrogens with one attached hydrogen (secondary N) is 1. The number of nitrogens with two attached hydrogens (primary N) is 1. The zero-order chi connectivity index (χ0) is 14.7. The summed E-state index contributed by atoms with van der Waals surface area (Å²) < 4.78 is 0. The topological polar surface area (TPSA) is 70.6 Å². The molecule has 1 atom stereocenters. The minimum absolute atomic E-state index is 0.127. The van der Waals surface area contributed by atoms with Gasteiger partial charge in [0, 0.05) is 12.5 Å². The van der Waals surface area contributed by atoms with Crippen molar-refractivity contribution >= 4 is 5.84 Å². The average Bonchev–Trinajstić information content (AvgIpc) is 3.39. The van der Waals surface area contributed by atoms with Gasteiger partial charge in [-0.25, -0.2) is 0 Å². The molecule has 0 bridgehead atoms. The number of hydrogen-bond donors (Lipinski definition) is 3. The Morgan fingerprint density at radius 2 is 1.81 bits per heavy atom. The molecule has 4 heteroatoms. The molecule has 1 aromatic carbocycles. The van der Waals surface area contributed by atoms with Crippen molar-refractivity contribution in [3.05, 3.63) is 35.9 Å². The summed E-state index contributed by atoms with van der Waals surface area (Å²) in [5.41, 5.74) is 6.93. The lowest BCUT2D eigenvalue weighted by Gasteiger charge is -2.23. The van der Waals surface area contributed by atoms with E-state index in [1.807, 2.05) is 18.2 Å². The van der Waals surface area contributed by atoms with Crippen molar-refractivity contribution < 1.29 is 5.21 Å². The van der Waals surface area contributed by atoms with E-state index in [0.717, 1.165) is 24.3 Å². The van der Waals surface area contributed by atoms with Gasteiger partial charge in [-0.05, 0) is 55.5 Å². The van der Waals surface area contributed by atoms with E-state index < -0.39 is 0 Å². The molecule has 3 rings (SSSR count). The SMILES string of the molecule is NC(CC(NCC(C1CC1)C1CC1)c1ccccc1)=NO. The molecule has 1 unspecified atom stereocenters. The Morgan fingerprint density at radius 3 is 2.33 bits per heavy atom. The lowest BCUT2D eigenvalue weighted by atomic mass is 9.96. The Hall–Kier alpha value is -1.55. The van der Waals surface area contributed by atoms with Crippen LogP contribution in [0.25, 0.3) is 0 Å². The van der Waals surface area contributed by atoms with Crippen molar-refractivity contribution in [2.75, 3.05) is 6.54 Å². The zero-order valence-corrected chi connectivity index (χ0v) is 12.4. The van der Waals surface area contributed by atoms with Crippen LogP contribution in [0.1, 0.15) is 43.7 Å². The Bertz CT molecular complexity index is 468. The number of amidine groups is 1. The maximum Gasteiger partial charge on any atom is 0.141 e. The Kier molecular flexibility index (Phi) is 4.44. The maximum absolute atomic E-state index is 8.84. The first-order chi connectivity index (χ1) is 10.3. The highest BCUT2D eigenvalue weighted by molar-refractivity contribution is 5.80. The van der Waals surface area contributed by atoms with Crippen molar-refractivity contribution in [1.82, 2.24) is 5.32 Å². The molecule has 21 heavy (non-hydrogen) atoms. The first-order valence-electron chi connectivity index (χ1n) is 8.02. The number of hydrogen-bond acceptors (Lipinski definition) is 3. The molecule has 1 aromatic rings. The van der Waals surface area contributed by atoms with E-state index in [0.29, 0.717) is 6.42 Å². The Balaban J connectivity index is 1.63.